The highest BCUT2D eigenvalue weighted by atomic mass is 16.7. The van der Waals surface area contributed by atoms with Gasteiger partial charge in [0, 0.05) is 32.7 Å². The average Bonchev–Trinajstić information content (AvgIpc) is 3.27. The summed E-state index contributed by atoms with van der Waals surface area (Å²) in [5, 5.41) is 0.389. The van der Waals surface area contributed by atoms with Crippen molar-refractivity contribution in [2.45, 2.75) is 19.5 Å². The molecule has 2 aromatic carbocycles. The summed E-state index contributed by atoms with van der Waals surface area (Å²) in [5.41, 5.74) is 0.565. The quantitative estimate of drug-likeness (QED) is 0.663. The number of nitrogens with one attached hydrogen (secondary N) is 1. The van der Waals surface area contributed by atoms with Gasteiger partial charge in [-0.15, -0.1) is 0 Å². The first kappa shape index (κ1) is 20.3. The minimum Gasteiger partial charge on any atom is -0.454 e. The van der Waals surface area contributed by atoms with Crippen LogP contribution in [0.4, 0.5) is 0 Å². The zero-order valence-corrected chi connectivity index (χ0v) is 17.7. The molecule has 5 rings (SSSR count). The summed E-state index contributed by atoms with van der Waals surface area (Å²) in [6, 6.07) is 11.9. The topological polar surface area (TPSA) is 96.9 Å². The molecular formula is C23H24N4O5. The van der Waals surface area contributed by atoms with Crippen LogP contribution in [0.1, 0.15) is 18.5 Å². The largest absolute Gasteiger partial charge is 0.454 e. The van der Waals surface area contributed by atoms with Crippen LogP contribution in [0.5, 0.6) is 11.5 Å². The van der Waals surface area contributed by atoms with E-state index >= 15 is 0 Å². The normalized spacial score (nSPS) is 17.0. The maximum atomic E-state index is 13.1. The molecule has 0 radical (unpaired) electrons. The third-order valence-electron chi connectivity index (χ3n) is 6.11. The molecule has 1 saturated heterocycles. The van der Waals surface area contributed by atoms with E-state index in [0.29, 0.717) is 37.1 Å². The van der Waals surface area contributed by atoms with Gasteiger partial charge in [-0.05, 0) is 36.8 Å². The summed E-state index contributed by atoms with van der Waals surface area (Å²) in [4.78, 5) is 45.2. The van der Waals surface area contributed by atoms with Crippen LogP contribution in [0.25, 0.3) is 10.9 Å². The molecule has 1 fully saturated rings. The summed E-state index contributed by atoms with van der Waals surface area (Å²) in [6.07, 6.45) is 0. The molecule has 9 nitrogen and oxygen atoms in total. The molecule has 0 saturated carbocycles. The Morgan fingerprint density at radius 2 is 1.78 bits per heavy atom. The lowest BCUT2D eigenvalue weighted by molar-refractivity contribution is -0.136. The van der Waals surface area contributed by atoms with Gasteiger partial charge in [0.25, 0.3) is 5.56 Å². The third-order valence-corrected chi connectivity index (χ3v) is 6.11. The number of aromatic nitrogens is 2. The molecule has 0 spiro atoms. The van der Waals surface area contributed by atoms with Gasteiger partial charge in [0.1, 0.15) is 6.04 Å². The Morgan fingerprint density at radius 3 is 2.59 bits per heavy atom. The van der Waals surface area contributed by atoms with Gasteiger partial charge in [-0.3, -0.25) is 14.5 Å². The molecule has 1 aromatic heterocycles. The molecule has 1 amide bonds. The first-order valence-electron chi connectivity index (χ1n) is 10.6. The number of carbonyl (C=O) groups is 1. The minimum atomic E-state index is -0.878. The van der Waals surface area contributed by atoms with Crippen molar-refractivity contribution in [3.63, 3.8) is 0 Å². The summed E-state index contributed by atoms with van der Waals surface area (Å²) >= 11 is 0. The molecule has 2 aliphatic rings. The van der Waals surface area contributed by atoms with Crippen molar-refractivity contribution in [1.29, 1.82) is 0 Å². The first-order valence-corrected chi connectivity index (χ1v) is 10.6. The molecule has 166 valence electrons. The highest BCUT2D eigenvalue weighted by molar-refractivity contribution is 5.81. The Bertz CT molecular complexity index is 1290. The van der Waals surface area contributed by atoms with Crippen LogP contribution in [0, 0.1) is 0 Å². The third kappa shape index (κ3) is 3.64. The van der Waals surface area contributed by atoms with Gasteiger partial charge in [-0.1, -0.05) is 18.2 Å². The number of piperazine rings is 1. The number of amides is 1. The van der Waals surface area contributed by atoms with Crippen molar-refractivity contribution >= 4 is 16.8 Å². The molecule has 3 heterocycles. The molecule has 32 heavy (non-hydrogen) atoms. The second-order valence-electron chi connectivity index (χ2n) is 8.12. The number of H-pyrrole nitrogens is 1. The Balaban J connectivity index is 1.26. The monoisotopic (exact) mass is 436 g/mol. The van der Waals surface area contributed by atoms with Gasteiger partial charge >= 0.3 is 5.69 Å². The Hall–Kier alpha value is -3.59. The summed E-state index contributed by atoms with van der Waals surface area (Å²) < 4.78 is 11.8. The number of aromatic amines is 1. The molecule has 0 unspecified atom stereocenters. The van der Waals surface area contributed by atoms with Crippen LogP contribution in [0.2, 0.25) is 0 Å². The zero-order valence-electron chi connectivity index (χ0n) is 17.7. The molecule has 9 heteroatoms. The number of nitrogens with zero attached hydrogens (tertiary/aromatic N) is 3. The van der Waals surface area contributed by atoms with Crippen molar-refractivity contribution in [3.05, 3.63) is 68.9 Å². The van der Waals surface area contributed by atoms with E-state index in [1.165, 1.54) is 0 Å². The standard InChI is InChI=1S/C23H24N4O5/c1-15(27-22(29)17-4-2-3-5-18(17)24-23(27)30)21(28)26-10-8-25(9-11-26)13-16-6-7-19-20(12-16)32-14-31-19/h2-7,12,15H,8-11,13-14H2,1H3,(H,24,30)/t15-/m1/s1. The van der Waals surface area contributed by atoms with E-state index in [9.17, 15) is 14.4 Å². The van der Waals surface area contributed by atoms with Gasteiger partial charge in [-0.2, -0.15) is 0 Å². The molecule has 2 aliphatic heterocycles. The number of benzene rings is 2. The lowest BCUT2D eigenvalue weighted by Gasteiger charge is -2.36. The van der Waals surface area contributed by atoms with Crippen molar-refractivity contribution in [2.24, 2.45) is 0 Å². The number of para-hydroxylation sites is 1. The second-order valence-corrected chi connectivity index (χ2v) is 8.12. The van der Waals surface area contributed by atoms with Crippen molar-refractivity contribution in [1.82, 2.24) is 19.4 Å². The average molecular weight is 436 g/mol. The number of hydrogen-bond acceptors (Lipinski definition) is 6. The molecule has 0 bridgehead atoms. The van der Waals surface area contributed by atoms with Gasteiger partial charge in [0.05, 0.1) is 10.9 Å². The first-order chi connectivity index (χ1) is 15.5. The van der Waals surface area contributed by atoms with E-state index in [-0.39, 0.29) is 12.7 Å². The maximum Gasteiger partial charge on any atom is 0.329 e. The van der Waals surface area contributed by atoms with Crippen molar-refractivity contribution in [2.75, 3.05) is 33.0 Å². The fraction of sp³-hybridized carbons (Fsp3) is 0.348. The van der Waals surface area contributed by atoms with Crippen LogP contribution >= 0.6 is 0 Å². The van der Waals surface area contributed by atoms with Gasteiger partial charge < -0.3 is 19.4 Å². The lowest BCUT2D eigenvalue weighted by atomic mass is 10.1. The van der Waals surface area contributed by atoms with Gasteiger partial charge in [-0.25, -0.2) is 9.36 Å². The van der Waals surface area contributed by atoms with Crippen molar-refractivity contribution in [3.8, 4) is 11.5 Å². The van der Waals surface area contributed by atoms with E-state index in [0.717, 1.165) is 28.2 Å². The Morgan fingerprint density at radius 1 is 1.03 bits per heavy atom. The molecule has 0 aliphatic carbocycles. The predicted molar refractivity (Wildman–Crippen MR) is 118 cm³/mol. The minimum absolute atomic E-state index is 0.226. The molecule has 1 N–H and O–H groups in total. The van der Waals surface area contributed by atoms with Crippen LogP contribution in [0.15, 0.2) is 52.1 Å². The second kappa shape index (κ2) is 8.16. The summed E-state index contributed by atoms with van der Waals surface area (Å²) in [6.45, 7) is 5.08. The fourth-order valence-corrected chi connectivity index (χ4v) is 4.33. The van der Waals surface area contributed by atoms with Crippen LogP contribution in [-0.2, 0) is 11.3 Å². The van der Waals surface area contributed by atoms with Gasteiger partial charge in [0.15, 0.2) is 11.5 Å². The fourth-order valence-electron chi connectivity index (χ4n) is 4.33. The zero-order chi connectivity index (χ0) is 22.2. The number of rotatable bonds is 4. The van der Waals surface area contributed by atoms with Crippen LogP contribution in [0.3, 0.4) is 0 Å². The summed E-state index contributed by atoms with van der Waals surface area (Å²) in [7, 11) is 0. The number of carbonyl (C=O) groups excluding carboxylic acids is 1. The van der Waals surface area contributed by atoms with E-state index < -0.39 is 17.3 Å². The van der Waals surface area contributed by atoms with E-state index in [4.69, 9.17) is 9.47 Å². The van der Waals surface area contributed by atoms with E-state index in [1.807, 2.05) is 18.2 Å². The van der Waals surface area contributed by atoms with Gasteiger partial charge in [0.2, 0.25) is 12.7 Å². The predicted octanol–water partition coefficient (Wildman–Crippen LogP) is 1.32. The highest BCUT2D eigenvalue weighted by Gasteiger charge is 2.28. The Kier molecular flexibility index (Phi) is 5.18. The lowest BCUT2D eigenvalue weighted by Crippen LogP contribution is -2.52. The molecule has 1 atom stereocenters. The van der Waals surface area contributed by atoms with E-state index in [2.05, 4.69) is 9.88 Å². The maximum absolute atomic E-state index is 13.1. The molecule has 3 aromatic rings. The highest BCUT2D eigenvalue weighted by Crippen LogP contribution is 2.32. The SMILES string of the molecule is C[C@H](C(=O)N1CCN(Cc2ccc3c(c2)OCO3)CC1)n1c(=O)[nH]c2ccccc2c1=O. The van der Waals surface area contributed by atoms with Crippen molar-refractivity contribution < 1.29 is 14.3 Å². The number of fused-ring (bicyclic) bond motifs is 2. The van der Waals surface area contributed by atoms with Crippen LogP contribution < -0.4 is 20.7 Å². The number of ether oxygens (including phenoxy) is 2. The smallest absolute Gasteiger partial charge is 0.329 e. The molecular weight excluding hydrogens is 412 g/mol. The van der Waals surface area contributed by atoms with E-state index in [1.54, 1.807) is 36.1 Å². The number of hydrogen-bond donors (Lipinski definition) is 1. The van der Waals surface area contributed by atoms with Crippen LogP contribution in [-0.4, -0.2) is 58.2 Å². The summed E-state index contributed by atoms with van der Waals surface area (Å²) in [5.74, 6) is 1.30. The Labute approximate surface area is 183 Å².